The fraction of sp³-hybridized carbons (Fsp3) is 0.296. The van der Waals surface area contributed by atoms with Crippen molar-refractivity contribution in [2.24, 2.45) is 0 Å². The highest BCUT2D eigenvalue weighted by Gasteiger charge is 2.20. The first-order valence-electron chi connectivity index (χ1n) is 11.3. The first-order valence-corrected chi connectivity index (χ1v) is 11.3. The van der Waals surface area contributed by atoms with Crippen LogP contribution in [0.15, 0.2) is 71.7 Å². The molecule has 0 aliphatic heterocycles. The van der Waals surface area contributed by atoms with Crippen LogP contribution in [-0.4, -0.2) is 42.0 Å². The van der Waals surface area contributed by atoms with Gasteiger partial charge in [-0.1, -0.05) is 55.0 Å². The SMILES string of the molecule is CCC(NC(=O)c1cccn(Cc2cccc(C)c2)c1=O)c1ccccc1OCC(=O)N(C)C. The van der Waals surface area contributed by atoms with Crippen LogP contribution in [0.25, 0.3) is 0 Å². The van der Waals surface area contributed by atoms with Crippen LogP contribution in [-0.2, 0) is 11.3 Å². The Morgan fingerprint density at radius 2 is 1.82 bits per heavy atom. The Morgan fingerprint density at radius 1 is 1.06 bits per heavy atom. The average molecular weight is 462 g/mol. The maximum atomic E-state index is 13.1. The standard InChI is InChI=1S/C27H31N3O4/c1-5-23(21-12-6-7-14-24(21)34-18-25(31)29(3)4)28-26(32)22-13-9-15-30(27(22)33)17-20-11-8-10-19(2)16-20/h6-16,23H,5,17-18H2,1-4H3,(H,28,32). The number of likely N-dealkylation sites (N-methyl/N-ethyl adjacent to an activating group) is 1. The van der Waals surface area contributed by atoms with Crippen LogP contribution < -0.4 is 15.6 Å². The summed E-state index contributed by atoms with van der Waals surface area (Å²) in [5.41, 5.74) is 2.58. The van der Waals surface area contributed by atoms with E-state index < -0.39 is 5.91 Å². The molecular weight excluding hydrogens is 430 g/mol. The van der Waals surface area contributed by atoms with E-state index in [-0.39, 0.29) is 29.7 Å². The summed E-state index contributed by atoms with van der Waals surface area (Å²) in [5.74, 6) is -0.0882. The zero-order valence-corrected chi connectivity index (χ0v) is 20.1. The highest BCUT2D eigenvalue weighted by Crippen LogP contribution is 2.27. The molecule has 1 aromatic heterocycles. The number of aromatic nitrogens is 1. The molecule has 0 fully saturated rings. The van der Waals surface area contributed by atoms with Gasteiger partial charge in [-0.15, -0.1) is 0 Å². The summed E-state index contributed by atoms with van der Waals surface area (Å²) < 4.78 is 7.28. The molecule has 0 saturated heterocycles. The van der Waals surface area contributed by atoms with Gasteiger partial charge in [-0.25, -0.2) is 0 Å². The number of pyridine rings is 1. The number of hydrogen-bond acceptors (Lipinski definition) is 4. The topological polar surface area (TPSA) is 80.6 Å². The van der Waals surface area contributed by atoms with E-state index in [1.165, 1.54) is 15.5 Å². The highest BCUT2D eigenvalue weighted by molar-refractivity contribution is 5.94. The van der Waals surface area contributed by atoms with Crippen molar-refractivity contribution in [2.45, 2.75) is 32.9 Å². The van der Waals surface area contributed by atoms with Gasteiger partial charge in [-0.05, 0) is 37.1 Å². The van der Waals surface area contributed by atoms with E-state index in [9.17, 15) is 14.4 Å². The van der Waals surface area contributed by atoms with E-state index in [0.29, 0.717) is 18.7 Å². The normalized spacial score (nSPS) is 11.5. The third kappa shape index (κ3) is 6.13. The number of para-hydroxylation sites is 1. The van der Waals surface area contributed by atoms with Gasteiger partial charge >= 0.3 is 0 Å². The second-order valence-electron chi connectivity index (χ2n) is 8.39. The third-order valence-electron chi connectivity index (χ3n) is 5.56. The molecule has 1 atom stereocenters. The zero-order chi connectivity index (χ0) is 24.7. The van der Waals surface area contributed by atoms with E-state index in [0.717, 1.165) is 16.7 Å². The van der Waals surface area contributed by atoms with Gasteiger partial charge in [0.1, 0.15) is 11.3 Å². The van der Waals surface area contributed by atoms with Gasteiger partial charge in [0.25, 0.3) is 17.4 Å². The summed E-state index contributed by atoms with van der Waals surface area (Å²) in [4.78, 5) is 39.6. The minimum Gasteiger partial charge on any atom is -0.483 e. The fourth-order valence-corrected chi connectivity index (χ4v) is 3.65. The summed E-state index contributed by atoms with van der Waals surface area (Å²) in [7, 11) is 3.33. The van der Waals surface area contributed by atoms with Gasteiger partial charge < -0.3 is 19.5 Å². The number of nitrogens with zero attached hydrogens (tertiary/aromatic N) is 2. The molecule has 34 heavy (non-hydrogen) atoms. The second-order valence-corrected chi connectivity index (χ2v) is 8.39. The minimum atomic E-state index is -0.449. The van der Waals surface area contributed by atoms with Gasteiger partial charge in [-0.2, -0.15) is 0 Å². The number of carbonyl (C=O) groups excluding carboxylic acids is 2. The van der Waals surface area contributed by atoms with Crippen LogP contribution in [0.2, 0.25) is 0 Å². The molecule has 1 unspecified atom stereocenters. The van der Waals surface area contributed by atoms with Crippen molar-refractivity contribution in [1.82, 2.24) is 14.8 Å². The van der Waals surface area contributed by atoms with Crippen molar-refractivity contribution in [3.05, 3.63) is 99.5 Å². The lowest BCUT2D eigenvalue weighted by molar-refractivity contribution is -0.130. The first-order chi connectivity index (χ1) is 16.3. The van der Waals surface area contributed by atoms with E-state index in [1.54, 1.807) is 32.4 Å². The number of hydrogen-bond donors (Lipinski definition) is 1. The Morgan fingerprint density at radius 3 is 2.53 bits per heavy atom. The molecule has 0 radical (unpaired) electrons. The summed E-state index contributed by atoms with van der Waals surface area (Å²) in [6.07, 6.45) is 2.27. The summed E-state index contributed by atoms with van der Waals surface area (Å²) in [6, 6.07) is 18.1. The highest BCUT2D eigenvalue weighted by atomic mass is 16.5. The molecule has 2 aromatic carbocycles. The summed E-state index contributed by atoms with van der Waals surface area (Å²) in [6.45, 7) is 4.22. The van der Waals surface area contributed by atoms with Crippen molar-refractivity contribution in [1.29, 1.82) is 0 Å². The molecule has 2 amide bonds. The predicted octanol–water partition coefficient (Wildman–Crippen LogP) is 3.55. The Labute approximate surface area is 200 Å². The van der Waals surface area contributed by atoms with Crippen molar-refractivity contribution in [2.75, 3.05) is 20.7 Å². The smallest absolute Gasteiger partial charge is 0.263 e. The Kier molecular flexibility index (Phi) is 8.24. The molecule has 178 valence electrons. The van der Waals surface area contributed by atoms with Crippen molar-refractivity contribution in [3.8, 4) is 5.75 Å². The van der Waals surface area contributed by atoms with Gasteiger partial charge in [-0.3, -0.25) is 14.4 Å². The largest absolute Gasteiger partial charge is 0.483 e. The number of carbonyl (C=O) groups is 2. The number of rotatable bonds is 9. The fourth-order valence-electron chi connectivity index (χ4n) is 3.65. The molecule has 0 bridgehead atoms. The number of benzene rings is 2. The van der Waals surface area contributed by atoms with E-state index in [4.69, 9.17) is 4.74 Å². The second kappa shape index (κ2) is 11.3. The average Bonchev–Trinajstić information content (AvgIpc) is 2.82. The number of nitrogens with one attached hydrogen (secondary N) is 1. The van der Waals surface area contributed by atoms with Crippen molar-refractivity contribution < 1.29 is 14.3 Å². The molecule has 3 rings (SSSR count). The molecule has 0 saturated carbocycles. The van der Waals surface area contributed by atoms with Crippen LogP contribution in [0, 0.1) is 6.92 Å². The van der Waals surface area contributed by atoms with Crippen molar-refractivity contribution in [3.63, 3.8) is 0 Å². The van der Waals surface area contributed by atoms with Crippen LogP contribution in [0.5, 0.6) is 5.75 Å². The maximum absolute atomic E-state index is 13.1. The van der Waals surface area contributed by atoms with Gasteiger partial charge in [0.05, 0.1) is 12.6 Å². The lowest BCUT2D eigenvalue weighted by Crippen LogP contribution is -2.35. The maximum Gasteiger partial charge on any atom is 0.263 e. The Hall–Kier alpha value is -3.87. The molecule has 1 heterocycles. The zero-order valence-electron chi connectivity index (χ0n) is 20.1. The summed E-state index contributed by atoms with van der Waals surface area (Å²) in [5, 5.41) is 2.96. The van der Waals surface area contributed by atoms with E-state index in [2.05, 4.69) is 5.32 Å². The quantitative estimate of drug-likeness (QED) is 0.528. The summed E-state index contributed by atoms with van der Waals surface area (Å²) >= 11 is 0. The number of ether oxygens (including phenoxy) is 1. The Balaban J connectivity index is 1.80. The van der Waals surface area contributed by atoms with Crippen molar-refractivity contribution >= 4 is 11.8 Å². The monoisotopic (exact) mass is 461 g/mol. The van der Waals surface area contributed by atoms with Crippen LogP contribution >= 0.6 is 0 Å². The minimum absolute atomic E-state index is 0.0785. The molecular formula is C27H31N3O4. The molecule has 7 heteroatoms. The molecule has 0 spiro atoms. The Bertz CT molecular complexity index is 1220. The molecule has 7 nitrogen and oxygen atoms in total. The lowest BCUT2D eigenvalue weighted by atomic mass is 10.0. The molecule has 0 aliphatic rings. The molecule has 0 aliphatic carbocycles. The predicted molar refractivity (Wildman–Crippen MR) is 132 cm³/mol. The molecule has 3 aromatic rings. The van der Waals surface area contributed by atoms with Gasteiger partial charge in [0.2, 0.25) is 0 Å². The number of aryl methyl sites for hydroxylation is 1. The molecule has 1 N–H and O–H groups in total. The van der Waals surface area contributed by atoms with Gasteiger partial charge in [0.15, 0.2) is 6.61 Å². The number of amides is 2. The van der Waals surface area contributed by atoms with Gasteiger partial charge in [0, 0.05) is 25.9 Å². The van der Waals surface area contributed by atoms with Crippen LogP contribution in [0.1, 0.15) is 46.4 Å². The first kappa shape index (κ1) is 24.8. The lowest BCUT2D eigenvalue weighted by Gasteiger charge is -2.21. The third-order valence-corrected chi connectivity index (χ3v) is 5.56. The van der Waals surface area contributed by atoms with Crippen LogP contribution in [0.3, 0.4) is 0 Å². The van der Waals surface area contributed by atoms with E-state index >= 15 is 0 Å². The van der Waals surface area contributed by atoms with Crippen LogP contribution in [0.4, 0.5) is 0 Å². The van der Waals surface area contributed by atoms with E-state index in [1.807, 2.05) is 56.3 Å².